The normalized spacial score (nSPS) is 23.7. The summed E-state index contributed by atoms with van der Waals surface area (Å²) in [4.78, 5) is 65.8. The molecule has 5 amide bonds. The molecule has 44 heavy (non-hydrogen) atoms. The van der Waals surface area contributed by atoms with Crippen molar-refractivity contribution in [2.24, 2.45) is 16.7 Å². The first-order valence-corrected chi connectivity index (χ1v) is 15.8. The lowest BCUT2D eigenvalue weighted by Crippen LogP contribution is -2.57. The van der Waals surface area contributed by atoms with Crippen molar-refractivity contribution in [2.45, 2.75) is 70.4 Å². The monoisotopic (exact) mass is 598 g/mol. The third-order valence-corrected chi connectivity index (χ3v) is 10.6. The number of imide groups is 2. The largest absolute Gasteiger partial charge is 0.445 e. The molecule has 2 spiro atoms. The van der Waals surface area contributed by atoms with Crippen LogP contribution in [0.1, 0.15) is 84.1 Å². The minimum absolute atomic E-state index is 0.0984. The van der Waals surface area contributed by atoms with Crippen LogP contribution in [0, 0.1) is 16.7 Å². The van der Waals surface area contributed by atoms with Crippen LogP contribution in [0.5, 0.6) is 0 Å². The fourth-order valence-corrected chi connectivity index (χ4v) is 8.60. The van der Waals surface area contributed by atoms with Crippen LogP contribution in [0.2, 0.25) is 0 Å². The van der Waals surface area contributed by atoms with Crippen molar-refractivity contribution in [1.29, 1.82) is 0 Å². The summed E-state index contributed by atoms with van der Waals surface area (Å²) < 4.78 is 5.54. The molecule has 10 nitrogen and oxygen atoms in total. The number of carbonyl (C=O) groups excluding carboxylic acids is 5. The molecule has 230 valence electrons. The van der Waals surface area contributed by atoms with Gasteiger partial charge in [0.1, 0.15) is 12.6 Å². The fraction of sp³-hybridized carbons (Fsp3) is 0.500. The van der Waals surface area contributed by atoms with Crippen molar-refractivity contribution in [3.63, 3.8) is 0 Å². The fourth-order valence-electron chi connectivity index (χ4n) is 8.60. The first kappa shape index (κ1) is 28.6. The standard InChI is InChI=1S/C34H38N4O6/c39-27-10-9-26(29(40)36-27)38-30(41)24-7-4-8-25(28(24)31(38)42)35-14-11-23-17-34(18-23)20-33(21-34)12-15-37(16-13-33)32(43)44-19-22-5-2-1-3-6-22/h1-8,23,26,35H,9-21H2,(H,36,39,40). The zero-order chi connectivity index (χ0) is 30.5. The average molecular weight is 599 g/mol. The Bertz CT molecular complexity index is 1500. The number of hydrogen-bond acceptors (Lipinski definition) is 7. The predicted molar refractivity (Wildman–Crippen MR) is 160 cm³/mol. The molecule has 7 rings (SSSR count). The summed E-state index contributed by atoms with van der Waals surface area (Å²) in [5.74, 6) is -1.34. The second-order valence-corrected chi connectivity index (χ2v) is 13.5. The number of ether oxygens (including phenoxy) is 1. The van der Waals surface area contributed by atoms with Crippen molar-refractivity contribution in [3.8, 4) is 0 Å². The molecule has 1 unspecified atom stereocenters. The highest BCUT2D eigenvalue weighted by atomic mass is 16.6. The first-order valence-electron chi connectivity index (χ1n) is 15.8. The van der Waals surface area contributed by atoms with E-state index in [2.05, 4.69) is 10.6 Å². The van der Waals surface area contributed by atoms with Gasteiger partial charge in [-0.15, -0.1) is 0 Å². The van der Waals surface area contributed by atoms with Crippen LogP contribution >= 0.6 is 0 Å². The number of likely N-dealkylation sites (tertiary alicyclic amines) is 1. The Morgan fingerprint density at radius 1 is 0.932 bits per heavy atom. The highest BCUT2D eigenvalue weighted by Gasteiger charge is 2.60. The highest BCUT2D eigenvalue weighted by Crippen LogP contribution is 2.69. The van der Waals surface area contributed by atoms with Gasteiger partial charge in [0, 0.05) is 31.7 Å². The van der Waals surface area contributed by atoms with Crippen LogP contribution in [0.4, 0.5) is 10.5 Å². The molecule has 4 fully saturated rings. The molecule has 2 aliphatic carbocycles. The summed E-state index contributed by atoms with van der Waals surface area (Å²) in [5.41, 5.74) is 3.02. The van der Waals surface area contributed by atoms with Crippen molar-refractivity contribution in [3.05, 3.63) is 65.2 Å². The van der Waals surface area contributed by atoms with Gasteiger partial charge in [-0.05, 0) is 85.8 Å². The van der Waals surface area contributed by atoms with Gasteiger partial charge < -0.3 is 15.0 Å². The molecule has 10 heteroatoms. The Kier molecular flexibility index (Phi) is 7.17. The van der Waals surface area contributed by atoms with Gasteiger partial charge in [0.05, 0.1) is 11.1 Å². The first-order chi connectivity index (χ1) is 21.2. The third-order valence-electron chi connectivity index (χ3n) is 10.6. The molecule has 5 aliphatic rings. The smallest absolute Gasteiger partial charge is 0.410 e. The number of carbonyl (C=O) groups is 5. The zero-order valence-corrected chi connectivity index (χ0v) is 24.8. The molecule has 1 atom stereocenters. The maximum Gasteiger partial charge on any atom is 0.410 e. The van der Waals surface area contributed by atoms with E-state index in [0.29, 0.717) is 46.7 Å². The molecule has 2 saturated heterocycles. The van der Waals surface area contributed by atoms with Gasteiger partial charge in [-0.25, -0.2) is 4.79 Å². The number of benzene rings is 2. The lowest BCUT2D eigenvalue weighted by molar-refractivity contribution is -0.147. The van der Waals surface area contributed by atoms with Crippen molar-refractivity contribution in [1.82, 2.24) is 15.1 Å². The molecule has 3 heterocycles. The minimum atomic E-state index is -0.967. The summed E-state index contributed by atoms with van der Waals surface area (Å²) in [6.07, 6.45) is 8.02. The van der Waals surface area contributed by atoms with E-state index < -0.39 is 23.8 Å². The van der Waals surface area contributed by atoms with Crippen LogP contribution in [0.15, 0.2) is 48.5 Å². The second-order valence-electron chi connectivity index (χ2n) is 13.5. The zero-order valence-electron chi connectivity index (χ0n) is 24.8. The number of amides is 5. The SMILES string of the molecule is O=C1CCC(N2C(=O)c3cccc(NCCC4CC5(C4)CC4(CCN(C(=O)OCc6ccccc6)CC4)C5)c3C2=O)C(=O)N1. The quantitative estimate of drug-likeness (QED) is 0.450. The van der Waals surface area contributed by atoms with Gasteiger partial charge in [0.15, 0.2) is 0 Å². The molecular weight excluding hydrogens is 560 g/mol. The van der Waals surface area contributed by atoms with Gasteiger partial charge in [-0.2, -0.15) is 0 Å². The molecule has 0 bridgehead atoms. The molecule has 0 aromatic heterocycles. The van der Waals surface area contributed by atoms with E-state index in [1.807, 2.05) is 35.2 Å². The van der Waals surface area contributed by atoms with E-state index in [9.17, 15) is 24.0 Å². The maximum atomic E-state index is 13.3. The number of piperidine rings is 2. The Morgan fingerprint density at radius 3 is 2.41 bits per heavy atom. The van der Waals surface area contributed by atoms with Gasteiger partial charge in [0.25, 0.3) is 11.8 Å². The second kappa shape index (κ2) is 11.1. The highest BCUT2D eigenvalue weighted by molar-refractivity contribution is 6.25. The van der Waals surface area contributed by atoms with E-state index in [1.54, 1.807) is 18.2 Å². The van der Waals surface area contributed by atoms with E-state index >= 15 is 0 Å². The summed E-state index contributed by atoms with van der Waals surface area (Å²) in [6.45, 7) is 2.53. The Morgan fingerprint density at radius 2 is 1.68 bits per heavy atom. The molecule has 2 aromatic rings. The Balaban J connectivity index is 0.855. The van der Waals surface area contributed by atoms with Gasteiger partial charge >= 0.3 is 6.09 Å². The maximum absolute atomic E-state index is 13.3. The average Bonchev–Trinajstić information content (AvgIpc) is 3.24. The van der Waals surface area contributed by atoms with Gasteiger partial charge in [0.2, 0.25) is 11.8 Å². The lowest BCUT2D eigenvalue weighted by Gasteiger charge is -2.65. The number of nitrogens with zero attached hydrogens (tertiary/aromatic N) is 2. The summed E-state index contributed by atoms with van der Waals surface area (Å²) >= 11 is 0. The van der Waals surface area contributed by atoms with E-state index in [1.165, 1.54) is 25.7 Å². The lowest BCUT2D eigenvalue weighted by atomic mass is 9.40. The molecule has 2 aromatic carbocycles. The van der Waals surface area contributed by atoms with E-state index in [-0.39, 0.29) is 24.8 Å². The van der Waals surface area contributed by atoms with Crippen LogP contribution in [0.25, 0.3) is 0 Å². The number of fused-ring (bicyclic) bond motifs is 1. The summed E-state index contributed by atoms with van der Waals surface area (Å²) in [5, 5.41) is 5.63. The molecule has 3 aliphatic heterocycles. The summed E-state index contributed by atoms with van der Waals surface area (Å²) in [7, 11) is 0. The molecule has 2 N–H and O–H groups in total. The minimum Gasteiger partial charge on any atom is -0.445 e. The van der Waals surface area contributed by atoms with Crippen LogP contribution in [-0.2, 0) is 20.9 Å². The van der Waals surface area contributed by atoms with Crippen molar-refractivity contribution >= 4 is 35.4 Å². The third kappa shape index (κ3) is 5.14. The molecular formula is C34H38N4O6. The van der Waals surface area contributed by atoms with E-state index in [4.69, 9.17) is 4.74 Å². The number of rotatable bonds is 7. The molecule has 2 saturated carbocycles. The molecule has 0 radical (unpaired) electrons. The topological polar surface area (TPSA) is 125 Å². The Labute approximate surface area is 256 Å². The van der Waals surface area contributed by atoms with E-state index in [0.717, 1.165) is 42.8 Å². The van der Waals surface area contributed by atoms with Gasteiger partial charge in [-0.1, -0.05) is 36.4 Å². The van der Waals surface area contributed by atoms with Crippen LogP contribution < -0.4 is 10.6 Å². The number of nitrogens with one attached hydrogen (secondary N) is 2. The number of anilines is 1. The van der Waals surface area contributed by atoms with Crippen LogP contribution in [0.3, 0.4) is 0 Å². The Hall–Kier alpha value is -4.21. The van der Waals surface area contributed by atoms with Crippen molar-refractivity contribution in [2.75, 3.05) is 25.0 Å². The predicted octanol–water partition coefficient (Wildman–Crippen LogP) is 4.50. The van der Waals surface area contributed by atoms with Crippen LogP contribution in [-0.4, -0.2) is 65.2 Å². The summed E-state index contributed by atoms with van der Waals surface area (Å²) in [6, 6.07) is 14.0. The van der Waals surface area contributed by atoms with Crippen molar-refractivity contribution < 1.29 is 28.7 Å². The van der Waals surface area contributed by atoms with Gasteiger partial charge in [-0.3, -0.25) is 29.4 Å². The number of hydrogen-bond donors (Lipinski definition) is 2.